The molecule has 0 spiro atoms. The van der Waals surface area contributed by atoms with E-state index < -0.39 is 77.6 Å². The van der Waals surface area contributed by atoms with Crippen molar-refractivity contribution in [3.05, 3.63) is 64.0 Å². The minimum atomic E-state index is -2.89. The lowest BCUT2D eigenvalue weighted by atomic mass is 9.79. The highest BCUT2D eigenvalue weighted by molar-refractivity contribution is 9.10. The molecule has 1 aromatic carbocycles. The van der Waals surface area contributed by atoms with Crippen LogP contribution in [0.2, 0.25) is 0 Å². The Kier molecular flexibility index (Phi) is 9.52. The number of hydrogen-bond acceptors (Lipinski definition) is 9. The number of aliphatic hydroxyl groups excluding tert-OH is 2. The molecule has 234 valence electrons. The fourth-order valence-electron chi connectivity index (χ4n) is 5.64. The van der Waals surface area contributed by atoms with Crippen LogP contribution in [-0.2, 0) is 9.47 Å². The average molecular weight is 692 g/mol. The summed E-state index contributed by atoms with van der Waals surface area (Å²) in [5.74, 6) is -4.56. The van der Waals surface area contributed by atoms with Gasteiger partial charge in [0.25, 0.3) is 0 Å². The van der Waals surface area contributed by atoms with Crippen molar-refractivity contribution in [2.75, 3.05) is 13.7 Å². The highest BCUT2D eigenvalue weighted by Gasteiger charge is 2.53. The van der Waals surface area contributed by atoms with Crippen LogP contribution in [0.4, 0.5) is 17.6 Å². The van der Waals surface area contributed by atoms with Crippen molar-refractivity contribution in [1.82, 2.24) is 20.0 Å². The summed E-state index contributed by atoms with van der Waals surface area (Å²) < 4.78 is 69.6. The number of halogens is 5. The molecular formula is C28H31BrF4N4O5S. The van der Waals surface area contributed by atoms with E-state index in [1.165, 1.54) is 18.0 Å². The van der Waals surface area contributed by atoms with Crippen LogP contribution in [0.1, 0.15) is 48.2 Å². The monoisotopic (exact) mass is 690 g/mol. The van der Waals surface area contributed by atoms with E-state index in [9.17, 15) is 32.9 Å². The molecule has 1 saturated carbocycles. The SMILES string of the molecule is CO[C@@H]1[C@@H](n2cc(-c3cc(F)c(Br)c(F)c3)nn2)[C@@H](O)[C@@H](CO)O[C@H]1S[C@H](c1ncccc1C)C1(O)CCC(F)(F)CC1. The quantitative estimate of drug-likeness (QED) is 0.227. The fourth-order valence-corrected chi connectivity index (χ4v) is 7.64. The van der Waals surface area contributed by atoms with Crippen LogP contribution in [-0.4, -0.2) is 84.3 Å². The van der Waals surface area contributed by atoms with Crippen LogP contribution >= 0.6 is 27.7 Å². The Hall–Kier alpha value is -2.14. The molecule has 0 amide bonds. The number of aliphatic hydroxyl groups is 3. The van der Waals surface area contributed by atoms with Gasteiger partial charge in [-0.3, -0.25) is 4.98 Å². The van der Waals surface area contributed by atoms with Gasteiger partial charge in [0.05, 0.1) is 33.8 Å². The van der Waals surface area contributed by atoms with Crippen LogP contribution in [0, 0.1) is 18.6 Å². The molecule has 2 aliphatic rings. The molecule has 9 nitrogen and oxygen atoms in total. The predicted molar refractivity (Wildman–Crippen MR) is 152 cm³/mol. The van der Waals surface area contributed by atoms with E-state index >= 15 is 0 Å². The van der Waals surface area contributed by atoms with Crippen molar-refractivity contribution >= 4 is 27.7 Å². The molecule has 0 unspecified atom stereocenters. The number of ether oxygens (including phenoxy) is 2. The molecule has 15 heteroatoms. The van der Waals surface area contributed by atoms with Gasteiger partial charge in [0, 0.05) is 31.7 Å². The third-order valence-corrected chi connectivity index (χ3v) is 10.4. The van der Waals surface area contributed by atoms with Gasteiger partial charge in [-0.2, -0.15) is 0 Å². The fraction of sp³-hybridized carbons (Fsp3) is 0.536. The Morgan fingerprint density at radius 2 is 1.88 bits per heavy atom. The Bertz CT molecular complexity index is 1420. The van der Waals surface area contributed by atoms with Crippen molar-refractivity contribution in [1.29, 1.82) is 0 Å². The summed E-state index contributed by atoms with van der Waals surface area (Å²) in [5, 5.41) is 40.4. The molecule has 3 heterocycles. The van der Waals surface area contributed by atoms with Gasteiger partial charge >= 0.3 is 0 Å². The topological polar surface area (TPSA) is 123 Å². The van der Waals surface area contributed by atoms with E-state index in [1.807, 2.05) is 0 Å². The normalized spacial score (nSPS) is 27.6. The smallest absolute Gasteiger partial charge is 0.248 e. The Morgan fingerprint density at radius 3 is 2.49 bits per heavy atom. The number of methoxy groups -OCH3 is 1. The second kappa shape index (κ2) is 12.7. The number of thioether (sulfide) groups is 1. The average Bonchev–Trinajstić information content (AvgIpc) is 3.46. The standard InChI is InChI=1S/C28H31BrF4N4O5S/c1-14-4-3-9-34-21(14)25(27(40)5-7-28(32,33)8-6-27)43-26-24(41-2)22(23(39)19(13-38)42-26)37-12-18(35-36-37)15-10-16(30)20(29)17(31)11-15/h3-4,9-12,19,22-26,38-40H,5-8,13H2,1-2H3/t19-,22+,23+,24-,25-,26+/m1/s1. The number of pyridine rings is 1. The number of aromatic nitrogens is 4. The molecule has 2 aromatic heterocycles. The zero-order valence-electron chi connectivity index (χ0n) is 23.2. The highest BCUT2D eigenvalue weighted by Crippen LogP contribution is 2.53. The van der Waals surface area contributed by atoms with E-state index in [4.69, 9.17) is 9.47 Å². The summed E-state index contributed by atoms with van der Waals surface area (Å²) in [6, 6.07) is 4.70. The maximum atomic E-state index is 14.2. The molecule has 3 N–H and O–H groups in total. The number of alkyl halides is 2. The summed E-state index contributed by atoms with van der Waals surface area (Å²) in [5.41, 5.74) is -1.08. The van der Waals surface area contributed by atoms with Crippen molar-refractivity contribution in [3.8, 4) is 11.3 Å². The Morgan fingerprint density at radius 1 is 1.21 bits per heavy atom. The van der Waals surface area contributed by atoms with Gasteiger partial charge in [-0.05, 0) is 59.5 Å². The second-order valence-corrected chi connectivity index (χ2v) is 12.9. The molecule has 1 aliphatic heterocycles. The largest absolute Gasteiger partial charge is 0.394 e. The number of benzene rings is 1. The van der Waals surface area contributed by atoms with Crippen molar-refractivity contribution in [2.45, 2.75) is 79.2 Å². The summed E-state index contributed by atoms with van der Waals surface area (Å²) in [6.45, 7) is 1.22. The van der Waals surface area contributed by atoms with Gasteiger partial charge in [0.2, 0.25) is 5.92 Å². The van der Waals surface area contributed by atoms with E-state index in [2.05, 4.69) is 31.2 Å². The number of rotatable bonds is 8. The van der Waals surface area contributed by atoms with Crippen LogP contribution in [0.5, 0.6) is 0 Å². The molecule has 0 radical (unpaired) electrons. The van der Waals surface area contributed by atoms with Gasteiger partial charge in [0.1, 0.15) is 47.1 Å². The first-order chi connectivity index (χ1) is 20.4. The lowest BCUT2D eigenvalue weighted by Gasteiger charge is -2.47. The molecule has 0 bridgehead atoms. The lowest BCUT2D eigenvalue weighted by molar-refractivity contribution is -0.186. The van der Waals surface area contributed by atoms with Crippen LogP contribution in [0.15, 0.2) is 41.1 Å². The minimum absolute atomic E-state index is 0.103. The highest BCUT2D eigenvalue weighted by atomic mass is 79.9. The van der Waals surface area contributed by atoms with Gasteiger partial charge < -0.3 is 24.8 Å². The second-order valence-electron chi connectivity index (χ2n) is 10.9. The van der Waals surface area contributed by atoms with Gasteiger partial charge in [-0.1, -0.05) is 11.3 Å². The molecule has 5 rings (SSSR count). The van der Waals surface area contributed by atoms with Gasteiger partial charge in [0.15, 0.2) is 0 Å². The zero-order chi connectivity index (χ0) is 31.1. The lowest BCUT2D eigenvalue weighted by Crippen LogP contribution is -2.56. The van der Waals surface area contributed by atoms with Crippen molar-refractivity contribution < 1.29 is 42.4 Å². The number of aryl methyl sites for hydroxylation is 1. The molecule has 2 fully saturated rings. The number of hydrogen-bond donors (Lipinski definition) is 3. The third kappa shape index (κ3) is 6.49. The van der Waals surface area contributed by atoms with Crippen LogP contribution < -0.4 is 0 Å². The summed E-state index contributed by atoms with van der Waals surface area (Å²) in [7, 11) is 1.38. The molecule has 6 atom stereocenters. The summed E-state index contributed by atoms with van der Waals surface area (Å²) >= 11 is 3.95. The number of nitrogens with zero attached hydrogens (tertiary/aromatic N) is 4. The van der Waals surface area contributed by atoms with Crippen LogP contribution in [0.3, 0.4) is 0 Å². The van der Waals surface area contributed by atoms with E-state index in [0.717, 1.165) is 29.5 Å². The first-order valence-electron chi connectivity index (χ1n) is 13.6. The molecular weight excluding hydrogens is 660 g/mol. The first kappa shape index (κ1) is 32.3. The Balaban J connectivity index is 1.50. The third-order valence-electron chi connectivity index (χ3n) is 8.10. The minimum Gasteiger partial charge on any atom is -0.394 e. The summed E-state index contributed by atoms with van der Waals surface area (Å²) in [4.78, 5) is 4.48. The molecule has 3 aromatic rings. The summed E-state index contributed by atoms with van der Waals surface area (Å²) in [6.07, 6.45) is -1.85. The van der Waals surface area contributed by atoms with Gasteiger partial charge in [-0.25, -0.2) is 22.2 Å². The van der Waals surface area contributed by atoms with Crippen molar-refractivity contribution in [2.24, 2.45) is 0 Å². The maximum absolute atomic E-state index is 14.2. The van der Waals surface area contributed by atoms with Crippen LogP contribution in [0.25, 0.3) is 11.3 Å². The van der Waals surface area contributed by atoms with E-state index in [1.54, 1.807) is 25.3 Å². The van der Waals surface area contributed by atoms with Gasteiger partial charge in [-0.15, -0.1) is 16.9 Å². The van der Waals surface area contributed by atoms with E-state index in [0.29, 0.717) is 5.69 Å². The molecule has 1 saturated heterocycles. The first-order valence-corrected chi connectivity index (χ1v) is 15.3. The molecule has 43 heavy (non-hydrogen) atoms. The molecule has 1 aliphatic carbocycles. The predicted octanol–water partition coefficient (Wildman–Crippen LogP) is 4.74. The maximum Gasteiger partial charge on any atom is 0.248 e. The van der Waals surface area contributed by atoms with E-state index in [-0.39, 0.29) is 28.6 Å². The Labute approximate surface area is 257 Å². The van der Waals surface area contributed by atoms with Crippen molar-refractivity contribution in [3.63, 3.8) is 0 Å². The zero-order valence-corrected chi connectivity index (χ0v) is 25.6.